The van der Waals surface area contributed by atoms with Crippen molar-refractivity contribution in [3.8, 4) is 11.8 Å². The van der Waals surface area contributed by atoms with E-state index < -0.39 is 0 Å². The summed E-state index contributed by atoms with van der Waals surface area (Å²) in [6.45, 7) is 4.55. The molecule has 5 heteroatoms. The number of nitriles is 1. The van der Waals surface area contributed by atoms with Gasteiger partial charge in [-0.25, -0.2) is 5.01 Å². The summed E-state index contributed by atoms with van der Waals surface area (Å²) >= 11 is 0. The highest BCUT2D eigenvalue weighted by Gasteiger charge is 2.38. The highest BCUT2D eigenvalue weighted by Crippen LogP contribution is 2.30. The number of benzene rings is 2. The Morgan fingerprint density at radius 3 is 2.75 bits per heavy atom. The Hall–Kier alpha value is -3.13. The van der Waals surface area contributed by atoms with Crippen LogP contribution in [0.15, 0.2) is 59.7 Å². The standard InChI is InChI=1S/C23H25N3O2/c1-23(2)17-21(19-9-6-8-18(16-19)13-14-24)25-26(23)22(27)12-7-15-28-20-10-4-3-5-11-20/h3-6,8-11,16H,7,12-13,15,17H2,1-2H3. The van der Waals surface area contributed by atoms with Crippen molar-refractivity contribution in [1.82, 2.24) is 5.01 Å². The molecule has 0 bridgehead atoms. The van der Waals surface area contributed by atoms with E-state index in [-0.39, 0.29) is 11.4 Å². The van der Waals surface area contributed by atoms with Gasteiger partial charge in [-0.15, -0.1) is 0 Å². The molecule has 2 aromatic rings. The Morgan fingerprint density at radius 2 is 2.00 bits per heavy atom. The number of carbonyl (C=O) groups excluding carboxylic acids is 1. The summed E-state index contributed by atoms with van der Waals surface area (Å²) in [7, 11) is 0. The quantitative estimate of drug-likeness (QED) is 0.677. The molecule has 5 nitrogen and oxygen atoms in total. The first-order chi connectivity index (χ1) is 13.5. The first-order valence-corrected chi connectivity index (χ1v) is 9.54. The van der Waals surface area contributed by atoms with E-state index in [0.717, 1.165) is 22.6 Å². The molecule has 0 saturated carbocycles. The second kappa shape index (κ2) is 8.71. The van der Waals surface area contributed by atoms with E-state index in [2.05, 4.69) is 11.2 Å². The molecule has 0 unspecified atom stereocenters. The summed E-state index contributed by atoms with van der Waals surface area (Å²) in [5, 5.41) is 15.1. The maximum absolute atomic E-state index is 12.7. The van der Waals surface area contributed by atoms with Gasteiger partial charge in [0, 0.05) is 12.8 Å². The van der Waals surface area contributed by atoms with Gasteiger partial charge < -0.3 is 4.74 Å². The Kier molecular flexibility index (Phi) is 6.10. The molecule has 144 valence electrons. The summed E-state index contributed by atoms with van der Waals surface area (Å²) in [5.74, 6) is 0.818. The topological polar surface area (TPSA) is 65.7 Å². The van der Waals surface area contributed by atoms with E-state index in [1.165, 1.54) is 0 Å². The van der Waals surface area contributed by atoms with Crippen molar-refractivity contribution in [1.29, 1.82) is 5.26 Å². The maximum atomic E-state index is 12.7. The van der Waals surface area contributed by atoms with Gasteiger partial charge in [-0.3, -0.25) is 4.79 Å². The fourth-order valence-electron chi connectivity index (χ4n) is 3.32. The molecule has 28 heavy (non-hydrogen) atoms. The lowest BCUT2D eigenvalue weighted by atomic mass is 9.94. The van der Waals surface area contributed by atoms with Crippen molar-refractivity contribution in [2.75, 3.05) is 6.61 Å². The smallest absolute Gasteiger partial charge is 0.243 e. The molecule has 0 N–H and O–H groups in total. The Labute approximate surface area is 166 Å². The van der Waals surface area contributed by atoms with Crippen LogP contribution in [0.4, 0.5) is 0 Å². The molecule has 0 aliphatic carbocycles. The number of carbonyl (C=O) groups is 1. The van der Waals surface area contributed by atoms with Crippen molar-refractivity contribution in [2.24, 2.45) is 5.10 Å². The van der Waals surface area contributed by atoms with E-state index in [4.69, 9.17) is 10.00 Å². The third-order valence-corrected chi connectivity index (χ3v) is 4.72. The van der Waals surface area contributed by atoms with Crippen LogP contribution in [0.5, 0.6) is 5.75 Å². The predicted octanol–water partition coefficient (Wildman–Crippen LogP) is 4.33. The largest absolute Gasteiger partial charge is 0.494 e. The molecular weight excluding hydrogens is 350 g/mol. The number of hydrogen-bond acceptors (Lipinski definition) is 4. The van der Waals surface area contributed by atoms with E-state index in [1.807, 2.05) is 68.4 Å². The zero-order chi connectivity index (χ0) is 20.0. The monoisotopic (exact) mass is 375 g/mol. The van der Waals surface area contributed by atoms with Gasteiger partial charge in [0.25, 0.3) is 0 Å². The zero-order valence-electron chi connectivity index (χ0n) is 16.4. The van der Waals surface area contributed by atoms with E-state index in [1.54, 1.807) is 5.01 Å². The van der Waals surface area contributed by atoms with Crippen molar-refractivity contribution in [2.45, 2.75) is 45.1 Å². The highest BCUT2D eigenvalue weighted by molar-refractivity contribution is 6.03. The lowest BCUT2D eigenvalue weighted by Gasteiger charge is -2.28. The van der Waals surface area contributed by atoms with Gasteiger partial charge >= 0.3 is 0 Å². The van der Waals surface area contributed by atoms with Crippen LogP contribution in [0, 0.1) is 11.3 Å². The Balaban J connectivity index is 1.61. The van der Waals surface area contributed by atoms with Gasteiger partial charge in [-0.1, -0.05) is 36.4 Å². The van der Waals surface area contributed by atoms with Crippen LogP contribution in [0.3, 0.4) is 0 Å². The molecule has 2 aromatic carbocycles. The Morgan fingerprint density at radius 1 is 1.21 bits per heavy atom. The molecule has 1 amide bonds. The van der Waals surface area contributed by atoms with Crippen LogP contribution in [-0.2, 0) is 11.2 Å². The zero-order valence-corrected chi connectivity index (χ0v) is 16.4. The van der Waals surface area contributed by atoms with Gasteiger partial charge in [0.2, 0.25) is 5.91 Å². The number of nitrogens with zero attached hydrogens (tertiary/aromatic N) is 3. The number of rotatable bonds is 7. The molecule has 1 heterocycles. The van der Waals surface area contributed by atoms with Crippen molar-refractivity contribution in [3.63, 3.8) is 0 Å². The number of ether oxygens (including phenoxy) is 1. The summed E-state index contributed by atoms with van der Waals surface area (Å²) in [6.07, 6.45) is 2.09. The van der Waals surface area contributed by atoms with Crippen LogP contribution in [0.1, 0.15) is 44.2 Å². The van der Waals surface area contributed by atoms with Crippen molar-refractivity contribution >= 4 is 11.6 Å². The molecule has 0 fully saturated rings. The third kappa shape index (κ3) is 4.77. The van der Waals surface area contributed by atoms with Gasteiger partial charge in [0.1, 0.15) is 5.75 Å². The molecule has 0 atom stereocenters. The number of hydrazone groups is 1. The summed E-state index contributed by atoms with van der Waals surface area (Å²) in [6, 6.07) is 19.6. The number of hydrogen-bond donors (Lipinski definition) is 0. The van der Waals surface area contributed by atoms with Crippen LogP contribution < -0.4 is 4.74 Å². The van der Waals surface area contributed by atoms with Gasteiger partial charge in [0.05, 0.1) is 30.3 Å². The molecule has 1 aliphatic heterocycles. The first-order valence-electron chi connectivity index (χ1n) is 9.54. The van der Waals surface area contributed by atoms with Crippen molar-refractivity contribution < 1.29 is 9.53 Å². The summed E-state index contributed by atoms with van der Waals surface area (Å²) in [4.78, 5) is 12.7. The normalized spacial score (nSPS) is 15.0. The van der Waals surface area contributed by atoms with Crippen molar-refractivity contribution in [3.05, 3.63) is 65.7 Å². The molecule has 1 aliphatic rings. The average Bonchev–Trinajstić information content (AvgIpc) is 3.02. The van der Waals surface area contributed by atoms with Crippen LogP contribution in [0.25, 0.3) is 0 Å². The molecule has 0 radical (unpaired) electrons. The lowest BCUT2D eigenvalue weighted by molar-refractivity contribution is -0.135. The Bertz CT molecular complexity index is 898. The number of amides is 1. The molecule has 0 aromatic heterocycles. The SMILES string of the molecule is CC1(C)CC(c2cccc(CC#N)c2)=NN1C(=O)CCCOc1ccccc1. The lowest BCUT2D eigenvalue weighted by Crippen LogP contribution is -2.40. The molecule has 0 saturated heterocycles. The fraction of sp³-hybridized carbons (Fsp3) is 0.348. The number of para-hydroxylation sites is 1. The van der Waals surface area contributed by atoms with Crippen LogP contribution in [-0.4, -0.2) is 28.8 Å². The third-order valence-electron chi connectivity index (χ3n) is 4.72. The van der Waals surface area contributed by atoms with Crippen LogP contribution in [0.2, 0.25) is 0 Å². The maximum Gasteiger partial charge on any atom is 0.243 e. The minimum absolute atomic E-state index is 0.00448. The predicted molar refractivity (Wildman–Crippen MR) is 109 cm³/mol. The van der Waals surface area contributed by atoms with Gasteiger partial charge in [-0.2, -0.15) is 10.4 Å². The van der Waals surface area contributed by atoms with E-state index in [0.29, 0.717) is 32.3 Å². The van der Waals surface area contributed by atoms with E-state index >= 15 is 0 Å². The fourth-order valence-corrected chi connectivity index (χ4v) is 3.32. The minimum Gasteiger partial charge on any atom is -0.494 e. The molecule has 3 rings (SSSR count). The second-order valence-electron chi connectivity index (χ2n) is 7.54. The minimum atomic E-state index is -0.363. The summed E-state index contributed by atoms with van der Waals surface area (Å²) in [5.41, 5.74) is 2.46. The molecule has 0 spiro atoms. The van der Waals surface area contributed by atoms with E-state index in [9.17, 15) is 4.79 Å². The molecular formula is C23H25N3O2. The van der Waals surface area contributed by atoms with Gasteiger partial charge in [-0.05, 0) is 49.6 Å². The first kappa shape index (κ1) is 19.6. The average molecular weight is 375 g/mol. The van der Waals surface area contributed by atoms with Crippen LogP contribution >= 0.6 is 0 Å². The summed E-state index contributed by atoms with van der Waals surface area (Å²) < 4.78 is 5.66. The second-order valence-corrected chi connectivity index (χ2v) is 7.54. The highest BCUT2D eigenvalue weighted by atomic mass is 16.5. The van der Waals surface area contributed by atoms with Gasteiger partial charge in [0.15, 0.2) is 0 Å².